The van der Waals surface area contributed by atoms with E-state index in [1.165, 1.54) is 0 Å². The van der Waals surface area contributed by atoms with Gasteiger partial charge in [-0.05, 0) is 38.1 Å². The summed E-state index contributed by atoms with van der Waals surface area (Å²) < 4.78 is 0. The second-order valence-corrected chi connectivity index (χ2v) is 7.45. The molecule has 2 heterocycles. The lowest BCUT2D eigenvalue weighted by atomic mass is 9.78. The van der Waals surface area contributed by atoms with Gasteiger partial charge in [0.1, 0.15) is 6.10 Å². The molecule has 2 aliphatic heterocycles. The van der Waals surface area contributed by atoms with Crippen molar-refractivity contribution in [3.8, 4) is 0 Å². The first-order chi connectivity index (χ1) is 12.5. The van der Waals surface area contributed by atoms with Gasteiger partial charge in [0.2, 0.25) is 0 Å². The molecule has 0 radical (unpaired) electrons. The summed E-state index contributed by atoms with van der Waals surface area (Å²) in [6, 6.07) is 11.9. The number of carbonyl (C=O) groups excluding carboxylic acids is 1. The van der Waals surface area contributed by atoms with Gasteiger partial charge in [-0.15, -0.1) is 0 Å². The number of aryl methyl sites for hydroxylation is 2. The number of hydrogen-bond acceptors (Lipinski definition) is 4. The molecule has 2 aromatic rings. The van der Waals surface area contributed by atoms with Gasteiger partial charge in [-0.25, -0.2) is 0 Å². The van der Waals surface area contributed by atoms with Crippen LogP contribution in [-0.4, -0.2) is 10.9 Å². The molecule has 0 amide bonds. The van der Waals surface area contributed by atoms with E-state index in [1.807, 2.05) is 56.3 Å². The number of hydrogen-bond donors (Lipinski definition) is 3. The maximum Gasteiger partial charge on any atom is 0.174 e. The Bertz CT molecular complexity index is 1030. The third kappa shape index (κ3) is 2.15. The van der Waals surface area contributed by atoms with E-state index in [0.29, 0.717) is 6.42 Å². The Kier molecular flexibility index (Phi) is 3.15. The van der Waals surface area contributed by atoms with Crippen LogP contribution in [0.1, 0.15) is 39.6 Å². The van der Waals surface area contributed by atoms with Crippen LogP contribution in [-0.2, 0) is 0 Å². The minimum atomic E-state index is -0.675. The number of aliphatic hydroxyl groups excluding tert-OH is 1. The van der Waals surface area contributed by atoms with Crippen LogP contribution in [0.4, 0.5) is 11.4 Å². The molecule has 1 aliphatic carbocycles. The van der Waals surface area contributed by atoms with E-state index in [-0.39, 0.29) is 11.7 Å². The number of carbonyl (C=O) groups is 1. The van der Waals surface area contributed by atoms with Crippen molar-refractivity contribution in [3.63, 3.8) is 0 Å². The number of rotatable bonds is 0. The van der Waals surface area contributed by atoms with Crippen LogP contribution in [0.2, 0.25) is 0 Å². The zero-order valence-electron chi connectivity index (χ0n) is 14.8. The Morgan fingerprint density at radius 2 is 1.73 bits per heavy atom. The molecule has 0 aromatic heterocycles. The molecule has 0 fully saturated rings. The van der Waals surface area contributed by atoms with Gasteiger partial charge in [0, 0.05) is 45.9 Å². The van der Waals surface area contributed by atoms with Crippen LogP contribution in [0.5, 0.6) is 0 Å². The van der Waals surface area contributed by atoms with Crippen LogP contribution in [0.15, 0.2) is 59.4 Å². The Hall–Kier alpha value is -2.85. The first kappa shape index (κ1) is 15.4. The van der Waals surface area contributed by atoms with Crippen molar-refractivity contribution in [2.24, 2.45) is 5.92 Å². The second kappa shape index (κ2) is 5.32. The van der Waals surface area contributed by atoms with Gasteiger partial charge in [0.15, 0.2) is 5.78 Å². The lowest BCUT2D eigenvalue weighted by molar-refractivity contribution is 0.0934. The minimum absolute atomic E-state index is 0.145. The van der Waals surface area contributed by atoms with E-state index in [4.69, 9.17) is 0 Å². The van der Waals surface area contributed by atoms with Crippen molar-refractivity contribution in [3.05, 3.63) is 81.7 Å². The average molecular weight is 344 g/mol. The van der Waals surface area contributed by atoms with Crippen molar-refractivity contribution in [1.29, 1.82) is 0 Å². The number of allylic oxidation sites excluding steroid dienone is 2. The van der Waals surface area contributed by atoms with E-state index in [2.05, 4.69) is 10.6 Å². The van der Waals surface area contributed by atoms with Crippen LogP contribution in [0.25, 0.3) is 0 Å². The van der Waals surface area contributed by atoms with Crippen LogP contribution in [0.3, 0.4) is 0 Å². The fourth-order valence-corrected chi connectivity index (χ4v) is 4.18. The molecule has 5 rings (SSSR count). The summed E-state index contributed by atoms with van der Waals surface area (Å²) in [7, 11) is 0. The zero-order valence-corrected chi connectivity index (χ0v) is 14.8. The molecule has 4 nitrogen and oxygen atoms in total. The van der Waals surface area contributed by atoms with Crippen molar-refractivity contribution in [1.82, 2.24) is 0 Å². The molecule has 4 heteroatoms. The van der Waals surface area contributed by atoms with Gasteiger partial charge >= 0.3 is 0 Å². The molecule has 2 unspecified atom stereocenters. The van der Waals surface area contributed by atoms with E-state index in [9.17, 15) is 9.90 Å². The van der Waals surface area contributed by atoms with Crippen molar-refractivity contribution >= 4 is 17.2 Å². The molecule has 0 spiro atoms. The number of anilines is 2. The molecular formula is C22H20N2O2. The molecule has 2 atom stereocenters. The highest BCUT2D eigenvalue weighted by Crippen LogP contribution is 2.45. The summed E-state index contributed by atoms with van der Waals surface area (Å²) in [4.78, 5) is 13.1. The van der Waals surface area contributed by atoms with Crippen molar-refractivity contribution in [2.75, 3.05) is 10.6 Å². The second-order valence-electron chi connectivity index (χ2n) is 7.45. The monoisotopic (exact) mass is 344 g/mol. The first-order valence-corrected chi connectivity index (χ1v) is 8.93. The number of benzene rings is 2. The zero-order chi connectivity index (χ0) is 18.0. The smallest absolute Gasteiger partial charge is 0.174 e. The normalized spacial score (nSPS) is 23.0. The van der Waals surface area contributed by atoms with Crippen LogP contribution < -0.4 is 10.6 Å². The van der Waals surface area contributed by atoms with Crippen LogP contribution in [0, 0.1) is 19.8 Å². The van der Waals surface area contributed by atoms with Gasteiger partial charge < -0.3 is 15.7 Å². The van der Waals surface area contributed by atoms with Crippen molar-refractivity contribution in [2.45, 2.75) is 26.4 Å². The standard InChI is InChI=1S/C22H20N2O2/c1-11-3-5-17-13(7-11)21(25)15-9-20-16(10-19(15)23-17)22(26)14-8-12(2)4-6-18(14)24-20/h3-9,16,21,23-25H,10H2,1-2H3. The Morgan fingerprint density at radius 1 is 1.00 bits per heavy atom. The molecule has 26 heavy (non-hydrogen) atoms. The summed E-state index contributed by atoms with van der Waals surface area (Å²) in [5, 5.41) is 17.8. The molecular weight excluding hydrogens is 324 g/mol. The topological polar surface area (TPSA) is 61.4 Å². The lowest BCUT2D eigenvalue weighted by Gasteiger charge is -2.37. The maximum absolute atomic E-state index is 13.1. The fraction of sp³-hybridized carbons (Fsp3) is 0.227. The first-order valence-electron chi connectivity index (χ1n) is 8.93. The molecule has 0 saturated heterocycles. The highest BCUT2D eigenvalue weighted by molar-refractivity contribution is 6.07. The number of aliphatic hydroxyl groups is 1. The summed E-state index contributed by atoms with van der Waals surface area (Å²) >= 11 is 0. The molecule has 2 aromatic carbocycles. The molecule has 0 bridgehead atoms. The summed E-state index contributed by atoms with van der Waals surface area (Å²) in [5.41, 5.74) is 8.28. The maximum atomic E-state index is 13.1. The predicted molar refractivity (Wildman–Crippen MR) is 102 cm³/mol. The van der Waals surface area contributed by atoms with Gasteiger partial charge in [-0.2, -0.15) is 0 Å². The molecule has 3 N–H and O–H groups in total. The van der Waals surface area contributed by atoms with Crippen molar-refractivity contribution < 1.29 is 9.90 Å². The molecule has 0 saturated carbocycles. The van der Waals surface area contributed by atoms with E-state index in [0.717, 1.165) is 50.6 Å². The van der Waals surface area contributed by atoms with E-state index in [1.54, 1.807) is 0 Å². The third-order valence-corrected chi connectivity index (χ3v) is 5.56. The summed E-state index contributed by atoms with van der Waals surface area (Å²) in [6.07, 6.45) is 1.85. The van der Waals surface area contributed by atoms with Gasteiger partial charge in [0.25, 0.3) is 0 Å². The quantitative estimate of drug-likeness (QED) is 0.669. The van der Waals surface area contributed by atoms with E-state index >= 15 is 0 Å². The highest BCUT2D eigenvalue weighted by Gasteiger charge is 2.38. The van der Waals surface area contributed by atoms with E-state index < -0.39 is 6.10 Å². The highest BCUT2D eigenvalue weighted by atomic mass is 16.3. The lowest BCUT2D eigenvalue weighted by Crippen LogP contribution is -2.33. The third-order valence-electron chi connectivity index (χ3n) is 5.56. The van der Waals surface area contributed by atoms with Gasteiger partial charge in [-0.3, -0.25) is 4.79 Å². The minimum Gasteiger partial charge on any atom is -0.384 e. The number of nitrogens with one attached hydrogen (secondary N) is 2. The molecule has 130 valence electrons. The Labute approximate surface area is 152 Å². The summed E-state index contributed by atoms with van der Waals surface area (Å²) in [5.74, 6) is -0.0824. The Morgan fingerprint density at radius 3 is 2.54 bits per heavy atom. The largest absolute Gasteiger partial charge is 0.384 e. The Balaban J connectivity index is 1.58. The van der Waals surface area contributed by atoms with Gasteiger partial charge in [-0.1, -0.05) is 29.3 Å². The van der Waals surface area contributed by atoms with Gasteiger partial charge in [0.05, 0.1) is 5.92 Å². The number of ketones is 1. The predicted octanol–water partition coefficient (Wildman–Crippen LogP) is 4.23. The molecule has 3 aliphatic rings. The average Bonchev–Trinajstić information content (AvgIpc) is 2.63. The fourth-order valence-electron chi connectivity index (χ4n) is 4.18. The SMILES string of the molecule is Cc1ccc2c(c1)C(=O)C1CC3=C(C=C1N2)C(O)c1cc(C)ccc1N3. The number of fused-ring (bicyclic) bond motifs is 3. The van der Waals surface area contributed by atoms with Crippen LogP contribution >= 0.6 is 0 Å². The number of Topliss-reactive ketones (excluding diaryl/α,β-unsaturated/α-hetero) is 1. The summed E-state index contributed by atoms with van der Waals surface area (Å²) in [6.45, 7) is 4.02.